The first-order chi connectivity index (χ1) is 11.5. The van der Waals surface area contributed by atoms with Crippen LogP contribution in [0, 0.1) is 20.8 Å². The number of aryl methyl sites for hydroxylation is 2. The Bertz CT molecular complexity index is 832. The summed E-state index contributed by atoms with van der Waals surface area (Å²) in [6, 6.07) is 12.4. The first-order valence-corrected chi connectivity index (χ1v) is 8.82. The Kier molecular flexibility index (Phi) is 4.81. The molecule has 3 rings (SSSR count). The van der Waals surface area contributed by atoms with Crippen molar-refractivity contribution in [2.75, 3.05) is 0 Å². The highest BCUT2D eigenvalue weighted by molar-refractivity contribution is 7.09. The minimum atomic E-state index is -0.0615. The summed E-state index contributed by atoms with van der Waals surface area (Å²) in [6.07, 6.45) is 0. The number of aromatic nitrogens is 2. The molecule has 0 aliphatic rings. The fourth-order valence-electron chi connectivity index (χ4n) is 2.71. The largest absolute Gasteiger partial charge is 0.347 e. The maximum absolute atomic E-state index is 12.5. The smallest absolute Gasteiger partial charge is 0.255 e. The molecule has 1 amide bonds. The number of carbonyl (C=O) groups is 1. The highest BCUT2D eigenvalue weighted by Gasteiger charge is 2.18. The van der Waals surface area contributed by atoms with Gasteiger partial charge in [0.05, 0.1) is 24.3 Å². The van der Waals surface area contributed by atoms with Crippen molar-refractivity contribution in [3.8, 4) is 0 Å². The fourth-order valence-corrected chi connectivity index (χ4v) is 3.36. The van der Waals surface area contributed by atoms with E-state index in [1.165, 1.54) is 11.1 Å². The Morgan fingerprint density at radius 1 is 1.17 bits per heavy atom. The lowest BCUT2D eigenvalue weighted by Gasteiger charge is -2.07. The number of benzene rings is 1. The van der Waals surface area contributed by atoms with Gasteiger partial charge in [0, 0.05) is 10.6 Å². The van der Waals surface area contributed by atoms with Gasteiger partial charge in [0.1, 0.15) is 0 Å². The number of thiophene rings is 1. The monoisotopic (exact) mass is 339 g/mol. The quantitative estimate of drug-likeness (QED) is 0.767. The van der Waals surface area contributed by atoms with E-state index in [1.54, 1.807) is 11.3 Å². The molecular weight excluding hydrogens is 318 g/mol. The summed E-state index contributed by atoms with van der Waals surface area (Å²) in [5.74, 6) is -0.0615. The average Bonchev–Trinajstić information content (AvgIpc) is 3.16. The third-order valence-corrected chi connectivity index (χ3v) is 4.94. The van der Waals surface area contributed by atoms with Gasteiger partial charge in [-0.3, -0.25) is 9.48 Å². The van der Waals surface area contributed by atoms with Gasteiger partial charge in [-0.25, -0.2) is 0 Å². The Hall–Kier alpha value is -2.40. The molecule has 0 atom stereocenters. The van der Waals surface area contributed by atoms with Gasteiger partial charge in [0.2, 0.25) is 0 Å². The molecule has 2 aromatic heterocycles. The molecule has 2 heterocycles. The Morgan fingerprint density at radius 3 is 2.58 bits per heavy atom. The zero-order chi connectivity index (χ0) is 17.1. The topological polar surface area (TPSA) is 46.9 Å². The van der Waals surface area contributed by atoms with Gasteiger partial charge in [0.25, 0.3) is 5.91 Å². The molecule has 0 saturated carbocycles. The van der Waals surface area contributed by atoms with Gasteiger partial charge in [0.15, 0.2) is 0 Å². The van der Waals surface area contributed by atoms with Crippen LogP contribution < -0.4 is 5.32 Å². The minimum Gasteiger partial charge on any atom is -0.347 e. The number of hydrogen-bond acceptors (Lipinski definition) is 3. The summed E-state index contributed by atoms with van der Waals surface area (Å²) in [7, 11) is 0. The molecule has 0 unspecified atom stereocenters. The number of rotatable bonds is 5. The maximum Gasteiger partial charge on any atom is 0.255 e. The molecule has 0 radical (unpaired) electrons. The SMILES string of the molecule is Cc1ccc(Cn2nc(C)c(C(=O)NCc3cccs3)c2C)cc1. The van der Waals surface area contributed by atoms with Crippen LogP contribution in [0.15, 0.2) is 41.8 Å². The summed E-state index contributed by atoms with van der Waals surface area (Å²) in [4.78, 5) is 13.7. The molecule has 1 N–H and O–H groups in total. The number of nitrogens with zero attached hydrogens (tertiary/aromatic N) is 2. The highest BCUT2D eigenvalue weighted by Crippen LogP contribution is 2.16. The number of carbonyl (C=O) groups excluding carboxylic acids is 1. The second kappa shape index (κ2) is 7.01. The van der Waals surface area contributed by atoms with Crippen LogP contribution in [-0.2, 0) is 13.1 Å². The summed E-state index contributed by atoms with van der Waals surface area (Å²) in [6.45, 7) is 7.14. The summed E-state index contributed by atoms with van der Waals surface area (Å²) in [5, 5.41) is 9.55. The maximum atomic E-state index is 12.5. The third-order valence-electron chi connectivity index (χ3n) is 4.06. The van der Waals surface area contributed by atoms with Crippen LogP contribution in [0.4, 0.5) is 0 Å². The van der Waals surface area contributed by atoms with Crippen molar-refractivity contribution in [2.24, 2.45) is 0 Å². The van der Waals surface area contributed by atoms with Crippen molar-refractivity contribution in [3.63, 3.8) is 0 Å². The first kappa shape index (κ1) is 16.5. The molecule has 124 valence electrons. The fraction of sp³-hybridized carbons (Fsp3) is 0.263. The van der Waals surface area contributed by atoms with Crippen LogP contribution in [-0.4, -0.2) is 15.7 Å². The molecule has 0 fully saturated rings. The van der Waals surface area contributed by atoms with E-state index in [-0.39, 0.29) is 5.91 Å². The van der Waals surface area contributed by atoms with Crippen LogP contribution in [0.25, 0.3) is 0 Å². The van der Waals surface area contributed by atoms with Crippen molar-refractivity contribution >= 4 is 17.2 Å². The molecule has 0 aliphatic carbocycles. The van der Waals surface area contributed by atoms with Crippen LogP contribution in [0.3, 0.4) is 0 Å². The van der Waals surface area contributed by atoms with E-state index in [9.17, 15) is 4.79 Å². The van der Waals surface area contributed by atoms with Gasteiger partial charge >= 0.3 is 0 Å². The van der Waals surface area contributed by atoms with Crippen molar-refractivity contribution in [1.29, 1.82) is 0 Å². The first-order valence-electron chi connectivity index (χ1n) is 7.94. The van der Waals surface area contributed by atoms with E-state index < -0.39 is 0 Å². The van der Waals surface area contributed by atoms with Crippen LogP contribution >= 0.6 is 11.3 Å². The van der Waals surface area contributed by atoms with E-state index >= 15 is 0 Å². The van der Waals surface area contributed by atoms with Crippen molar-refractivity contribution in [2.45, 2.75) is 33.9 Å². The summed E-state index contributed by atoms with van der Waals surface area (Å²) in [5.41, 5.74) is 4.76. The summed E-state index contributed by atoms with van der Waals surface area (Å²) >= 11 is 1.64. The Labute approximate surface area is 146 Å². The third kappa shape index (κ3) is 3.57. The predicted octanol–water partition coefficient (Wildman–Crippen LogP) is 3.85. The normalized spacial score (nSPS) is 10.8. The minimum absolute atomic E-state index is 0.0615. The highest BCUT2D eigenvalue weighted by atomic mass is 32.1. The second-order valence-electron chi connectivity index (χ2n) is 5.95. The van der Waals surface area contributed by atoms with Crippen molar-refractivity contribution in [3.05, 3.63) is 74.7 Å². The van der Waals surface area contributed by atoms with Gasteiger partial charge in [-0.2, -0.15) is 5.10 Å². The Balaban J connectivity index is 1.75. The second-order valence-corrected chi connectivity index (χ2v) is 6.98. The van der Waals surface area contributed by atoms with E-state index in [0.717, 1.165) is 16.3 Å². The summed E-state index contributed by atoms with van der Waals surface area (Å²) < 4.78 is 1.90. The Morgan fingerprint density at radius 2 is 1.92 bits per heavy atom. The number of nitrogens with one attached hydrogen (secondary N) is 1. The van der Waals surface area contributed by atoms with Gasteiger partial charge in [-0.15, -0.1) is 11.3 Å². The van der Waals surface area contributed by atoms with E-state index in [0.29, 0.717) is 18.7 Å². The molecular formula is C19H21N3OS. The molecule has 5 heteroatoms. The predicted molar refractivity (Wildman–Crippen MR) is 97.5 cm³/mol. The zero-order valence-electron chi connectivity index (χ0n) is 14.2. The standard InChI is InChI=1S/C19H21N3OS/c1-13-6-8-16(9-7-13)12-22-15(3)18(14(2)21-22)19(23)20-11-17-5-4-10-24-17/h4-10H,11-12H2,1-3H3,(H,20,23). The molecule has 0 saturated heterocycles. The van der Waals surface area contributed by atoms with Crippen LogP contribution in [0.2, 0.25) is 0 Å². The molecule has 4 nitrogen and oxygen atoms in total. The molecule has 1 aromatic carbocycles. The molecule has 24 heavy (non-hydrogen) atoms. The van der Waals surface area contributed by atoms with Crippen molar-refractivity contribution < 1.29 is 4.79 Å². The number of hydrogen-bond donors (Lipinski definition) is 1. The van der Waals surface area contributed by atoms with E-state index in [4.69, 9.17) is 0 Å². The van der Waals surface area contributed by atoms with Gasteiger partial charge in [-0.1, -0.05) is 35.9 Å². The van der Waals surface area contributed by atoms with Crippen LogP contribution in [0.1, 0.15) is 37.7 Å². The molecule has 0 bridgehead atoms. The lowest BCUT2D eigenvalue weighted by molar-refractivity contribution is 0.0950. The lowest BCUT2D eigenvalue weighted by atomic mass is 10.1. The molecule has 3 aromatic rings. The van der Waals surface area contributed by atoms with E-state index in [1.807, 2.05) is 36.0 Å². The average molecular weight is 339 g/mol. The molecule has 0 spiro atoms. The van der Waals surface area contributed by atoms with E-state index in [2.05, 4.69) is 41.6 Å². The zero-order valence-corrected chi connectivity index (χ0v) is 15.0. The van der Waals surface area contributed by atoms with Gasteiger partial charge in [-0.05, 0) is 37.8 Å². The van der Waals surface area contributed by atoms with Gasteiger partial charge < -0.3 is 5.32 Å². The van der Waals surface area contributed by atoms with Crippen molar-refractivity contribution in [1.82, 2.24) is 15.1 Å². The molecule has 0 aliphatic heterocycles. The lowest BCUT2D eigenvalue weighted by Crippen LogP contribution is -2.23. The van der Waals surface area contributed by atoms with Crippen LogP contribution in [0.5, 0.6) is 0 Å². The number of amides is 1.